The highest BCUT2D eigenvalue weighted by molar-refractivity contribution is 7.98. The van der Waals surface area contributed by atoms with E-state index in [1.54, 1.807) is 36.0 Å². The maximum absolute atomic E-state index is 13.1. The van der Waals surface area contributed by atoms with E-state index in [0.717, 1.165) is 11.3 Å². The lowest BCUT2D eigenvalue weighted by Crippen LogP contribution is -2.47. The van der Waals surface area contributed by atoms with Crippen molar-refractivity contribution in [2.24, 2.45) is 0 Å². The first-order chi connectivity index (χ1) is 14.0. The Morgan fingerprint density at radius 2 is 1.62 bits per heavy atom. The molecule has 1 N–H and O–H groups in total. The average Bonchev–Trinajstić information content (AvgIpc) is 2.99. The van der Waals surface area contributed by atoms with Crippen molar-refractivity contribution >= 4 is 35.2 Å². The number of fused-ring (bicyclic) bond motifs is 1. The predicted octanol–water partition coefficient (Wildman–Crippen LogP) is 4.56. The number of hydrogen-bond donors (Lipinski definition) is 1. The van der Waals surface area contributed by atoms with Crippen molar-refractivity contribution in [1.82, 2.24) is 4.90 Å². The normalized spacial score (nSPS) is 15.2. The second-order valence-electron chi connectivity index (χ2n) is 7.24. The molecule has 2 atom stereocenters. The van der Waals surface area contributed by atoms with Crippen LogP contribution in [0.4, 0.5) is 5.69 Å². The van der Waals surface area contributed by atoms with Gasteiger partial charge in [-0.2, -0.15) is 11.8 Å². The van der Waals surface area contributed by atoms with Gasteiger partial charge in [0, 0.05) is 5.69 Å². The number of nitrogens with zero attached hydrogens (tertiary/aromatic N) is 1. The fourth-order valence-corrected chi connectivity index (χ4v) is 3.91. The minimum Gasteiger partial charge on any atom is -0.324 e. The lowest BCUT2D eigenvalue weighted by molar-refractivity contribution is -0.120. The second-order valence-corrected chi connectivity index (χ2v) is 8.23. The monoisotopic (exact) mass is 410 g/mol. The van der Waals surface area contributed by atoms with Crippen molar-refractivity contribution in [3.63, 3.8) is 0 Å². The minimum absolute atomic E-state index is 0.343. The van der Waals surface area contributed by atoms with Crippen LogP contribution >= 0.6 is 11.8 Å². The van der Waals surface area contributed by atoms with Crippen LogP contribution in [0.25, 0.3) is 0 Å². The van der Waals surface area contributed by atoms with E-state index in [4.69, 9.17) is 0 Å². The first-order valence-electron chi connectivity index (χ1n) is 9.84. The van der Waals surface area contributed by atoms with Crippen LogP contribution in [0, 0.1) is 0 Å². The molecule has 152 valence electrons. The van der Waals surface area contributed by atoms with Gasteiger partial charge in [-0.1, -0.05) is 38.1 Å². The fourth-order valence-electron chi connectivity index (χ4n) is 3.45. The number of carbonyl (C=O) groups is 3. The van der Waals surface area contributed by atoms with Gasteiger partial charge < -0.3 is 5.32 Å². The lowest BCUT2D eigenvalue weighted by atomic mass is 9.98. The summed E-state index contributed by atoms with van der Waals surface area (Å²) in [5.74, 6) is -0.0338. The Morgan fingerprint density at radius 3 is 2.14 bits per heavy atom. The van der Waals surface area contributed by atoms with Gasteiger partial charge in [0.25, 0.3) is 11.8 Å². The van der Waals surface area contributed by atoms with Crippen LogP contribution in [-0.4, -0.2) is 40.7 Å². The Kier molecular flexibility index (Phi) is 6.75. The van der Waals surface area contributed by atoms with Crippen molar-refractivity contribution < 1.29 is 14.4 Å². The number of rotatable bonds is 8. The molecule has 0 aromatic heterocycles. The lowest BCUT2D eigenvalue weighted by Gasteiger charge is -2.25. The van der Waals surface area contributed by atoms with Crippen LogP contribution in [0.15, 0.2) is 48.5 Å². The Labute approximate surface area is 175 Å². The number of amides is 3. The Bertz CT molecular complexity index is 876. The summed E-state index contributed by atoms with van der Waals surface area (Å²) in [7, 11) is 0. The first kappa shape index (κ1) is 21.1. The molecule has 6 heteroatoms. The van der Waals surface area contributed by atoms with Crippen LogP contribution in [0.3, 0.4) is 0 Å². The third-order valence-corrected chi connectivity index (χ3v) is 6.04. The molecule has 0 saturated heterocycles. The van der Waals surface area contributed by atoms with Crippen molar-refractivity contribution in [2.45, 2.75) is 38.6 Å². The summed E-state index contributed by atoms with van der Waals surface area (Å²) in [5.41, 5.74) is 2.59. The number of benzene rings is 2. The SMILES string of the molecule is CC[C@H](C)c1ccc(NC(=O)[C@@H](CCSC)N2C(=O)c3ccccc3C2=O)cc1. The summed E-state index contributed by atoms with van der Waals surface area (Å²) >= 11 is 1.58. The van der Waals surface area contributed by atoms with Gasteiger partial charge in [0.2, 0.25) is 5.91 Å². The highest BCUT2D eigenvalue weighted by Crippen LogP contribution is 2.27. The average molecular weight is 411 g/mol. The van der Waals surface area contributed by atoms with E-state index >= 15 is 0 Å². The third-order valence-electron chi connectivity index (χ3n) is 5.39. The van der Waals surface area contributed by atoms with E-state index < -0.39 is 17.9 Å². The molecule has 2 aromatic rings. The molecule has 5 nitrogen and oxygen atoms in total. The second kappa shape index (κ2) is 9.27. The molecular weight excluding hydrogens is 384 g/mol. The van der Waals surface area contributed by atoms with Gasteiger partial charge in [-0.05, 0) is 60.6 Å². The molecule has 29 heavy (non-hydrogen) atoms. The van der Waals surface area contributed by atoms with Crippen LogP contribution in [-0.2, 0) is 4.79 Å². The Hall–Kier alpha value is -2.60. The van der Waals surface area contributed by atoms with E-state index in [1.807, 2.05) is 30.5 Å². The van der Waals surface area contributed by atoms with E-state index in [0.29, 0.717) is 34.9 Å². The van der Waals surface area contributed by atoms with Crippen LogP contribution in [0.5, 0.6) is 0 Å². The summed E-state index contributed by atoms with van der Waals surface area (Å²) in [4.78, 5) is 39.9. The molecule has 0 unspecified atom stereocenters. The molecule has 1 aliphatic heterocycles. The maximum Gasteiger partial charge on any atom is 0.262 e. The van der Waals surface area contributed by atoms with E-state index in [-0.39, 0.29) is 5.91 Å². The van der Waals surface area contributed by atoms with Crippen molar-refractivity contribution in [1.29, 1.82) is 0 Å². The topological polar surface area (TPSA) is 66.5 Å². The molecule has 3 rings (SSSR count). The van der Waals surface area contributed by atoms with Gasteiger partial charge in [-0.3, -0.25) is 19.3 Å². The molecule has 0 radical (unpaired) electrons. The van der Waals surface area contributed by atoms with Gasteiger partial charge in [-0.25, -0.2) is 0 Å². The Balaban J connectivity index is 1.81. The quantitative estimate of drug-likeness (QED) is 0.648. The number of imide groups is 1. The molecule has 0 spiro atoms. The van der Waals surface area contributed by atoms with E-state index in [1.165, 1.54) is 5.56 Å². The fraction of sp³-hybridized carbons (Fsp3) is 0.348. The summed E-state index contributed by atoms with van der Waals surface area (Å²) in [6, 6.07) is 13.6. The maximum atomic E-state index is 13.1. The highest BCUT2D eigenvalue weighted by atomic mass is 32.2. The zero-order valence-corrected chi connectivity index (χ0v) is 17.8. The smallest absolute Gasteiger partial charge is 0.262 e. The molecule has 1 heterocycles. The number of anilines is 1. The molecule has 2 aromatic carbocycles. The predicted molar refractivity (Wildman–Crippen MR) is 118 cm³/mol. The van der Waals surface area contributed by atoms with E-state index in [2.05, 4.69) is 19.2 Å². The van der Waals surface area contributed by atoms with Crippen molar-refractivity contribution in [3.05, 3.63) is 65.2 Å². The number of thioether (sulfide) groups is 1. The number of nitrogens with one attached hydrogen (secondary N) is 1. The molecule has 0 aliphatic carbocycles. The van der Waals surface area contributed by atoms with E-state index in [9.17, 15) is 14.4 Å². The number of carbonyl (C=O) groups excluding carboxylic acids is 3. The summed E-state index contributed by atoms with van der Waals surface area (Å²) in [6.45, 7) is 4.30. The van der Waals surface area contributed by atoms with Gasteiger partial charge in [0.15, 0.2) is 0 Å². The molecule has 0 fully saturated rings. The van der Waals surface area contributed by atoms with Gasteiger partial charge in [-0.15, -0.1) is 0 Å². The first-order valence-corrected chi connectivity index (χ1v) is 11.2. The molecule has 3 amide bonds. The summed E-state index contributed by atoms with van der Waals surface area (Å²) in [6.07, 6.45) is 3.39. The van der Waals surface area contributed by atoms with Crippen molar-refractivity contribution in [2.75, 3.05) is 17.3 Å². The molecule has 0 bridgehead atoms. The molecule has 0 saturated carbocycles. The minimum atomic E-state index is -0.843. The highest BCUT2D eigenvalue weighted by Gasteiger charge is 2.42. The zero-order valence-electron chi connectivity index (χ0n) is 17.0. The van der Waals surface area contributed by atoms with Crippen LogP contribution in [0.1, 0.15) is 58.9 Å². The zero-order chi connectivity index (χ0) is 21.0. The van der Waals surface area contributed by atoms with Gasteiger partial charge >= 0.3 is 0 Å². The standard InChI is InChI=1S/C23H26N2O3S/c1-4-15(2)16-9-11-17(12-10-16)24-21(26)20(13-14-29-3)25-22(27)18-7-5-6-8-19(18)23(25)28/h5-12,15,20H,4,13-14H2,1-3H3,(H,24,26)/t15-,20+/m0/s1. The van der Waals surface area contributed by atoms with Crippen molar-refractivity contribution in [3.8, 4) is 0 Å². The number of hydrogen-bond acceptors (Lipinski definition) is 4. The van der Waals surface area contributed by atoms with Gasteiger partial charge in [0.1, 0.15) is 6.04 Å². The van der Waals surface area contributed by atoms with Crippen LogP contribution in [0.2, 0.25) is 0 Å². The summed E-state index contributed by atoms with van der Waals surface area (Å²) in [5, 5.41) is 2.89. The molecular formula is C23H26N2O3S. The van der Waals surface area contributed by atoms with Crippen LogP contribution < -0.4 is 5.32 Å². The van der Waals surface area contributed by atoms with Gasteiger partial charge in [0.05, 0.1) is 11.1 Å². The largest absolute Gasteiger partial charge is 0.324 e. The third kappa shape index (κ3) is 4.37. The molecule has 1 aliphatic rings. The Morgan fingerprint density at radius 1 is 1.03 bits per heavy atom. The summed E-state index contributed by atoms with van der Waals surface area (Å²) < 4.78 is 0.